The molecule has 0 aliphatic heterocycles. The second kappa shape index (κ2) is 5.52. The van der Waals surface area contributed by atoms with Crippen molar-refractivity contribution in [2.24, 2.45) is 0 Å². The van der Waals surface area contributed by atoms with E-state index in [0.717, 1.165) is 11.3 Å². The average molecular weight is 266 g/mol. The second-order valence-corrected chi connectivity index (χ2v) is 4.47. The van der Waals surface area contributed by atoms with Crippen molar-refractivity contribution in [3.05, 3.63) is 60.2 Å². The first-order valence-electron chi connectivity index (χ1n) is 6.35. The van der Waals surface area contributed by atoms with Crippen molar-refractivity contribution >= 4 is 5.69 Å². The molecule has 0 radical (unpaired) electrons. The van der Waals surface area contributed by atoms with Gasteiger partial charge in [0.2, 0.25) is 11.7 Å². The predicted octanol–water partition coefficient (Wildman–Crippen LogP) is 3.05. The highest BCUT2D eigenvalue weighted by Gasteiger charge is 2.08. The molecule has 20 heavy (non-hydrogen) atoms. The van der Waals surface area contributed by atoms with Gasteiger partial charge < -0.3 is 9.84 Å². The molecule has 0 aliphatic carbocycles. The number of nitrogens with one attached hydrogen (secondary N) is 1. The van der Waals surface area contributed by atoms with Crippen molar-refractivity contribution in [2.45, 2.75) is 13.5 Å². The Kier molecular flexibility index (Phi) is 3.41. The molecule has 0 atom stereocenters. The standard InChI is InChI=1S/C15H14N4O/c1-11-4-6-13(7-5-11)17-10-14-18-15(19-20-14)12-3-2-8-16-9-12/h2-9,17H,10H2,1H3. The summed E-state index contributed by atoms with van der Waals surface area (Å²) in [6, 6.07) is 11.9. The van der Waals surface area contributed by atoms with Gasteiger partial charge in [0.25, 0.3) is 0 Å². The highest BCUT2D eigenvalue weighted by atomic mass is 16.5. The highest BCUT2D eigenvalue weighted by Crippen LogP contribution is 2.15. The van der Waals surface area contributed by atoms with Crippen LogP contribution in [0, 0.1) is 6.92 Å². The lowest BCUT2D eigenvalue weighted by atomic mass is 10.2. The fourth-order valence-electron chi connectivity index (χ4n) is 1.79. The molecule has 3 aromatic rings. The minimum Gasteiger partial charge on any atom is -0.376 e. The van der Waals surface area contributed by atoms with E-state index >= 15 is 0 Å². The van der Waals surface area contributed by atoms with Gasteiger partial charge in [-0.1, -0.05) is 22.9 Å². The molecule has 100 valence electrons. The molecule has 2 aromatic heterocycles. The third-order valence-corrected chi connectivity index (χ3v) is 2.88. The number of aromatic nitrogens is 3. The molecular formula is C15H14N4O. The summed E-state index contributed by atoms with van der Waals surface area (Å²) in [5.41, 5.74) is 3.10. The molecule has 0 unspecified atom stereocenters. The van der Waals surface area contributed by atoms with Crippen LogP contribution in [0.1, 0.15) is 11.5 Å². The van der Waals surface area contributed by atoms with Crippen LogP contribution in [0.15, 0.2) is 53.3 Å². The first-order chi connectivity index (χ1) is 9.81. The van der Waals surface area contributed by atoms with Gasteiger partial charge in [-0.05, 0) is 31.2 Å². The van der Waals surface area contributed by atoms with E-state index in [1.807, 2.05) is 24.3 Å². The number of benzene rings is 1. The van der Waals surface area contributed by atoms with Crippen molar-refractivity contribution in [3.8, 4) is 11.4 Å². The van der Waals surface area contributed by atoms with E-state index in [4.69, 9.17) is 4.52 Å². The Morgan fingerprint density at radius 3 is 2.75 bits per heavy atom. The fraction of sp³-hybridized carbons (Fsp3) is 0.133. The number of rotatable bonds is 4. The molecule has 1 aromatic carbocycles. The van der Waals surface area contributed by atoms with E-state index in [-0.39, 0.29) is 0 Å². The Balaban J connectivity index is 1.67. The van der Waals surface area contributed by atoms with E-state index < -0.39 is 0 Å². The molecular weight excluding hydrogens is 252 g/mol. The number of aryl methyl sites for hydroxylation is 1. The van der Waals surface area contributed by atoms with Gasteiger partial charge in [-0.15, -0.1) is 0 Å². The lowest BCUT2D eigenvalue weighted by molar-refractivity contribution is 0.384. The monoisotopic (exact) mass is 266 g/mol. The smallest absolute Gasteiger partial charge is 0.246 e. The third kappa shape index (κ3) is 2.83. The summed E-state index contributed by atoms with van der Waals surface area (Å²) < 4.78 is 5.21. The molecule has 0 saturated heterocycles. The van der Waals surface area contributed by atoms with Crippen molar-refractivity contribution in [1.29, 1.82) is 0 Å². The summed E-state index contributed by atoms with van der Waals surface area (Å²) in [6.07, 6.45) is 3.42. The van der Waals surface area contributed by atoms with Crippen LogP contribution in [-0.2, 0) is 6.54 Å². The molecule has 0 bridgehead atoms. The van der Waals surface area contributed by atoms with Gasteiger partial charge in [-0.2, -0.15) is 4.98 Å². The van der Waals surface area contributed by atoms with Gasteiger partial charge in [0.1, 0.15) is 0 Å². The Hall–Kier alpha value is -2.69. The maximum Gasteiger partial charge on any atom is 0.246 e. The van der Waals surface area contributed by atoms with Crippen LogP contribution in [0.4, 0.5) is 5.69 Å². The van der Waals surface area contributed by atoms with Gasteiger partial charge in [-0.3, -0.25) is 4.98 Å². The van der Waals surface area contributed by atoms with E-state index in [1.54, 1.807) is 12.4 Å². The maximum absolute atomic E-state index is 5.21. The molecule has 3 rings (SSSR count). The predicted molar refractivity (Wildman–Crippen MR) is 76.0 cm³/mol. The van der Waals surface area contributed by atoms with Crippen molar-refractivity contribution in [3.63, 3.8) is 0 Å². The zero-order valence-corrected chi connectivity index (χ0v) is 11.1. The SMILES string of the molecule is Cc1ccc(NCc2nc(-c3cccnc3)no2)cc1. The number of anilines is 1. The molecule has 0 fully saturated rings. The zero-order valence-electron chi connectivity index (χ0n) is 11.1. The molecule has 5 nitrogen and oxygen atoms in total. The largest absolute Gasteiger partial charge is 0.376 e. The number of hydrogen-bond acceptors (Lipinski definition) is 5. The quantitative estimate of drug-likeness (QED) is 0.786. The minimum absolute atomic E-state index is 0.496. The van der Waals surface area contributed by atoms with Crippen molar-refractivity contribution in [1.82, 2.24) is 15.1 Å². The van der Waals surface area contributed by atoms with Crippen molar-refractivity contribution < 1.29 is 4.52 Å². The summed E-state index contributed by atoms with van der Waals surface area (Å²) in [4.78, 5) is 8.37. The summed E-state index contributed by atoms with van der Waals surface area (Å²) >= 11 is 0. The Morgan fingerprint density at radius 2 is 2.00 bits per heavy atom. The maximum atomic E-state index is 5.21. The zero-order chi connectivity index (χ0) is 13.8. The number of hydrogen-bond donors (Lipinski definition) is 1. The first kappa shape index (κ1) is 12.3. The van der Waals surface area contributed by atoms with E-state index in [0.29, 0.717) is 18.3 Å². The fourth-order valence-corrected chi connectivity index (χ4v) is 1.79. The topological polar surface area (TPSA) is 63.8 Å². The Labute approximate surface area is 116 Å². The third-order valence-electron chi connectivity index (χ3n) is 2.88. The summed E-state index contributed by atoms with van der Waals surface area (Å²) in [7, 11) is 0. The number of nitrogens with zero attached hydrogens (tertiary/aromatic N) is 3. The molecule has 0 saturated carbocycles. The van der Waals surface area contributed by atoms with Crippen LogP contribution in [0.5, 0.6) is 0 Å². The molecule has 2 heterocycles. The van der Waals surface area contributed by atoms with Gasteiger partial charge >= 0.3 is 0 Å². The van der Waals surface area contributed by atoms with Gasteiger partial charge in [0, 0.05) is 23.6 Å². The highest BCUT2D eigenvalue weighted by molar-refractivity contribution is 5.52. The average Bonchev–Trinajstić information content (AvgIpc) is 2.97. The normalized spacial score (nSPS) is 10.4. The van der Waals surface area contributed by atoms with E-state index in [2.05, 4.69) is 39.5 Å². The minimum atomic E-state index is 0.496. The van der Waals surface area contributed by atoms with Crippen LogP contribution in [0.3, 0.4) is 0 Å². The van der Waals surface area contributed by atoms with Crippen molar-refractivity contribution in [2.75, 3.05) is 5.32 Å². The van der Waals surface area contributed by atoms with Crippen LogP contribution in [0.2, 0.25) is 0 Å². The lowest BCUT2D eigenvalue weighted by Gasteiger charge is -2.02. The van der Waals surface area contributed by atoms with Crippen LogP contribution >= 0.6 is 0 Å². The molecule has 0 aliphatic rings. The van der Waals surface area contributed by atoms with Crippen LogP contribution < -0.4 is 5.32 Å². The summed E-state index contributed by atoms with van der Waals surface area (Å²) in [5.74, 6) is 1.10. The van der Waals surface area contributed by atoms with Crippen LogP contribution in [-0.4, -0.2) is 15.1 Å². The molecule has 5 heteroatoms. The number of pyridine rings is 1. The lowest BCUT2D eigenvalue weighted by Crippen LogP contribution is -1.99. The molecule has 0 spiro atoms. The molecule has 1 N–H and O–H groups in total. The van der Waals surface area contributed by atoms with E-state index in [1.165, 1.54) is 5.56 Å². The van der Waals surface area contributed by atoms with Gasteiger partial charge in [0.15, 0.2) is 0 Å². The second-order valence-electron chi connectivity index (χ2n) is 4.47. The summed E-state index contributed by atoms with van der Waals surface area (Å²) in [6.45, 7) is 2.55. The van der Waals surface area contributed by atoms with Gasteiger partial charge in [-0.25, -0.2) is 0 Å². The van der Waals surface area contributed by atoms with Crippen LogP contribution in [0.25, 0.3) is 11.4 Å². The first-order valence-corrected chi connectivity index (χ1v) is 6.35. The molecule has 0 amide bonds. The van der Waals surface area contributed by atoms with E-state index in [9.17, 15) is 0 Å². The summed E-state index contributed by atoms with van der Waals surface area (Å²) in [5, 5.41) is 7.19. The Morgan fingerprint density at radius 1 is 1.15 bits per heavy atom. The Bertz CT molecular complexity index is 677. The van der Waals surface area contributed by atoms with Gasteiger partial charge in [0.05, 0.1) is 6.54 Å².